The fourth-order valence-electron chi connectivity index (χ4n) is 1.28. The first-order valence-electron chi connectivity index (χ1n) is 4.84. The molecule has 2 heteroatoms. The van der Waals surface area contributed by atoms with Crippen LogP contribution in [0.5, 0.6) is 5.75 Å². The summed E-state index contributed by atoms with van der Waals surface area (Å²) in [6, 6.07) is 7.77. The molecule has 0 aliphatic rings. The maximum Gasteiger partial charge on any atom is 0.134 e. The smallest absolute Gasteiger partial charge is 0.134 e. The van der Waals surface area contributed by atoms with E-state index in [2.05, 4.69) is 0 Å². The fraction of sp³-hybridized carbons (Fsp3) is 0.333. The molecule has 0 radical (unpaired) electrons. The zero-order valence-corrected chi connectivity index (χ0v) is 9.13. The third kappa shape index (κ3) is 2.08. The van der Waals surface area contributed by atoms with Gasteiger partial charge in [-0.15, -0.1) is 0 Å². The first-order valence-corrected chi connectivity index (χ1v) is 4.84. The largest absolute Gasteiger partial charge is 0.497 e. The molecule has 0 aliphatic carbocycles. The monoisotopic (exact) mass is 192 g/mol. The number of ether oxygens (including phenoxy) is 1. The number of furan rings is 1. The minimum Gasteiger partial charge on any atom is -0.497 e. The van der Waals surface area contributed by atoms with Gasteiger partial charge in [0.25, 0.3) is 0 Å². The molecule has 0 atom stereocenters. The highest BCUT2D eigenvalue weighted by Gasteiger charge is 2.00. The maximum absolute atomic E-state index is 5.41. The van der Waals surface area contributed by atoms with Crippen LogP contribution < -0.4 is 4.74 Å². The average Bonchev–Trinajstić information content (AvgIpc) is 2.59. The Morgan fingerprint density at radius 2 is 1.86 bits per heavy atom. The molecule has 2 rings (SSSR count). The summed E-state index contributed by atoms with van der Waals surface area (Å²) in [7, 11) is 1.66. The Morgan fingerprint density at radius 1 is 1.14 bits per heavy atom. The molecule has 0 bridgehead atoms. The highest BCUT2D eigenvalue weighted by molar-refractivity contribution is 5.79. The van der Waals surface area contributed by atoms with Crippen molar-refractivity contribution in [1.82, 2.24) is 0 Å². The second kappa shape index (κ2) is 4.70. The van der Waals surface area contributed by atoms with Crippen molar-refractivity contribution in [3.05, 3.63) is 30.0 Å². The lowest BCUT2D eigenvalue weighted by Crippen LogP contribution is -1.79. The normalized spacial score (nSPS) is 9.43. The van der Waals surface area contributed by atoms with Gasteiger partial charge in [0.2, 0.25) is 0 Å². The van der Waals surface area contributed by atoms with Crippen LogP contribution in [-0.2, 0) is 0 Å². The molecule has 0 unspecified atom stereocenters. The SMILES string of the molecule is CC.COc1ccc2oc(C)cc2c1. The Labute approximate surface area is 84.5 Å². The van der Waals surface area contributed by atoms with Crippen LogP contribution in [0.2, 0.25) is 0 Å². The van der Waals surface area contributed by atoms with E-state index in [1.165, 1.54) is 0 Å². The van der Waals surface area contributed by atoms with Crippen LogP contribution in [0.4, 0.5) is 0 Å². The van der Waals surface area contributed by atoms with Crippen LogP contribution in [0.3, 0.4) is 0 Å². The van der Waals surface area contributed by atoms with Gasteiger partial charge in [0, 0.05) is 5.39 Å². The predicted octanol–water partition coefficient (Wildman–Crippen LogP) is 3.78. The molecule has 0 spiro atoms. The maximum atomic E-state index is 5.41. The fourth-order valence-corrected chi connectivity index (χ4v) is 1.28. The molecule has 76 valence electrons. The minimum absolute atomic E-state index is 0.864. The summed E-state index contributed by atoms with van der Waals surface area (Å²) in [6.45, 7) is 5.94. The molecule has 1 aromatic carbocycles. The number of aryl methyl sites for hydroxylation is 1. The van der Waals surface area contributed by atoms with Crippen molar-refractivity contribution in [2.75, 3.05) is 7.11 Å². The van der Waals surface area contributed by atoms with E-state index >= 15 is 0 Å². The number of fused-ring (bicyclic) bond motifs is 1. The highest BCUT2D eigenvalue weighted by atomic mass is 16.5. The number of hydrogen-bond donors (Lipinski definition) is 0. The molecule has 0 fully saturated rings. The molecular weight excluding hydrogens is 176 g/mol. The van der Waals surface area contributed by atoms with Crippen molar-refractivity contribution in [2.24, 2.45) is 0 Å². The lowest BCUT2D eigenvalue weighted by Gasteiger charge is -1.96. The first-order chi connectivity index (χ1) is 6.79. The zero-order valence-electron chi connectivity index (χ0n) is 9.13. The summed E-state index contributed by atoms with van der Waals surface area (Å²) in [5, 5.41) is 1.09. The van der Waals surface area contributed by atoms with E-state index < -0.39 is 0 Å². The van der Waals surface area contributed by atoms with Gasteiger partial charge in [-0.25, -0.2) is 0 Å². The Hall–Kier alpha value is -1.44. The van der Waals surface area contributed by atoms with E-state index in [4.69, 9.17) is 9.15 Å². The molecule has 2 nitrogen and oxygen atoms in total. The van der Waals surface area contributed by atoms with Gasteiger partial charge in [-0.2, -0.15) is 0 Å². The van der Waals surface area contributed by atoms with Crippen molar-refractivity contribution >= 4 is 11.0 Å². The highest BCUT2D eigenvalue weighted by Crippen LogP contribution is 2.23. The van der Waals surface area contributed by atoms with Gasteiger partial charge in [-0.3, -0.25) is 0 Å². The van der Waals surface area contributed by atoms with Crippen molar-refractivity contribution < 1.29 is 9.15 Å². The van der Waals surface area contributed by atoms with E-state index in [0.717, 1.165) is 22.5 Å². The summed E-state index contributed by atoms with van der Waals surface area (Å²) in [5.74, 6) is 1.79. The molecule has 14 heavy (non-hydrogen) atoms. The Morgan fingerprint density at radius 3 is 2.50 bits per heavy atom. The second-order valence-corrected chi connectivity index (χ2v) is 2.76. The van der Waals surface area contributed by atoms with E-state index in [9.17, 15) is 0 Å². The minimum atomic E-state index is 0.864. The summed E-state index contributed by atoms with van der Waals surface area (Å²) in [5.41, 5.74) is 0.910. The van der Waals surface area contributed by atoms with Gasteiger partial charge in [0.15, 0.2) is 0 Å². The summed E-state index contributed by atoms with van der Waals surface area (Å²) in [6.07, 6.45) is 0. The number of hydrogen-bond acceptors (Lipinski definition) is 2. The Balaban J connectivity index is 0.000000461. The van der Waals surface area contributed by atoms with Gasteiger partial charge in [0.1, 0.15) is 17.1 Å². The molecule has 0 saturated carbocycles. The quantitative estimate of drug-likeness (QED) is 0.686. The van der Waals surface area contributed by atoms with Crippen LogP contribution in [0, 0.1) is 6.92 Å². The summed E-state index contributed by atoms with van der Waals surface area (Å²) in [4.78, 5) is 0. The van der Waals surface area contributed by atoms with Gasteiger partial charge < -0.3 is 9.15 Å². The van der Waals surface area contributed by atoms with Crippen LogP contribution in [0.1, 0.15) is 19.6 Å². The van der Waals surface area contributed by atoms with Gasteiger partial charge in [0.05, 0.1) is 7.11 Å². The molecule has 0 N–H and O–H groups in total. The van der Waals surface area contributed by atoms with Crippen molar-refractivity contribution in [1.29, 1.82) is 0 Å². The number of benzene rings is 1. The third-order valence-corrected chi connectivity index (χ3v) is 1.85. The summed E-state index contributed by atoms with van der Waals surface area (Å²) < 4.78 is 10.5. The second-order valence-electron chi connectivity index (χ2n) is 2.76. The van der Waals surface area contributed by atoms with Gasteiger partial charge in [-0.05, 0) is 31.2 Å². The van der Waals surface area contributed by atoms with E-state index in [1.54, 1.807) is 7.11 Å². The van der Waals surface area contributed by atoms with Crippen LogP contribution >= 0.6 is 0 Å². The van der Waals surface area contributed by atoms with Crippen LogP contribution in [0.15, 0.2) is 28.7 Å². The van der Waals surface area contributed by atoms with Crippen LogP contribution in [0.25, 0.3) is 11.0 Å². The topological polar surface area (TPSA) is 22.4 Å². The Bertz CT molecular complexity index is 402. The standard InChI is InChI=1S/C10H10O2.C2H6/c1-7-5-8-6-9(11-2)3-4-10(8)12-7;1-2/h3-6H,1-2H3;1-2H3. The lowest BCUT2D eigenvalue weighted by atomic mass is 10.2. The number of methoxy groups -OCH3 is 1. The van der Waals surface area contributed by atoms with E-state index in [0.29, 0.717) is 0 Å². The molecular formula is C12H16O2. The number of rotatable bonds is 1. The molecule has 0 amide bonds. The molecule has 0 saturated heterocycles. The lowest BCUT2D eigenvalue weighted by molar-refractivity contribution is 0.415. The summed E-state index contributed by atoms with van der Waals surface area (Å²) >= 11 is 0. The Kier molecular flexibility index (Phi) is 3.57. The third-order valence-electron chi connectivity index (χ3n) is 1.85. The molecule has 0 aliphatic heterocycles. The van der Waals surface area contributed by atoms with Crippen molar-refractivity contribution in [3.8, 4) is 5.75 Å². The van der Waals surface area contributed by atoms with Gasteiger partial charge in [-0.1, -0.05) is 13.8 Å². The van der Waals surface area contributed by atoms with E-state index in [1.807, 2.05) is 45.0 Å². The van der Waals surface area contributed by atoms with Crippen molar-refractivity contribution in [3.63, 3.8) is 0 Å². The molecule has 1 aromatic heterocycles. The van der Waals surface area contributed by atoms with Crippen LogP contribution in [-0.4, -0.2) is 7.11 Å². The van der Waals surface area contributed by atoms with E-state index in [-0.39, 0.29) is 0 Å². The average molecular weight is 192 g/mol. The molecule has 2 aromatic rings. The van der Waals surface area contributed by atoms with Gasteiger partial charge >= 0.3 is 0 Å². The zero-order chi connectivity index (χ0) is 10.6. The first kappa shape index (κ1) is 10.6. The molecule has 1 heterocycles. The van der Waals surface area contributed by atoms with Crippen molar-refractivity contribution in [2.45, 2.75) is 20.8 Å². The predicted molar refractivity (Wildman–Crippen MR) is 58.9 cm³/mol.